The lowest BCUT2D eigenvalue weighted by Gasteiger charge is -2.32. The standard InChI is InChI=1S/C23H22Cl2N2O2/c1-15-9-11-27(12-10-15)20-6-5-18(14-19(20)25)26-23(28)22-8-7-21(29-22)16-3-2-4-17(24)13-16/h2-8,13-15H,9-12H2,1H3,(H,26,28). The molecule has 0 spiro atoms. The molecule has 0 aliphatic carbocycles. The van der Waals surface area contributed by atoms with E-state index in [2.05, 4.69) is 17.1 Å². The smallest absolute Gasteiger partial charge is 0.291 e. The number of benzene rings is 2. The lowest BCUT2D eigenvalue weighted by Crippen LogP contribution is -2.32. The first-order valence-corrected chi connectivity index (χ1v) is 10.5. The van der Waals surface area contributed by atoms with Crippen LogP contribution in [0.4, 0.5) is 11.4 Å². The average Bonchev–Trinajstić information content (AvgIpc) is 3.20. The third-order valence-electron chi connectivity index (χ3n) is 5.27. The fourth-order valence-corrected chi connectivity index (χ4v) is 4.03. The molecule has 0 saturated carbocycles. The number of nitrogens with zero attached hydrogens (tertiary/aromatic N) is 1. The second-order valence-corrected chi connectivity index (χ2v) is 8.31. The van der Waals surface area contributed by atoms with Crippen molar-refractivity contribution in [1.82, 2.24) is 0 Å². The molecule has 0 radical (unpaired) electrons. The maximum absolute atomic E-state index is 12.6. The van der Waals surface area contributed by atoms with Crippen molar-refractivity contribution in [3.8, 4) is 11.3 Å². The van der Waals surface area contributed by atoms with Crippen LogP contribution in [-0.4, -0.2) is 19.0 Å². The molecule has 0 unspecified atom stereocenters. The highest BCUT2D eigenvalue weighted by atomic mass is 35.5. The van der Waals surface area contributed by atoms with Crippen LogP contribution in [0.2, 0.25) is 10.0 Å². The predicted molar refractivity (Wildman–Crippen MR) is 119 cm³/mol. The van der Waals surface area contributed by atoms with E-state index >= 15 is 0 Å². The molecule has 1 saturated heterocycles. The molecule has 1 amide bonds. The fraction of sp³-hybridized carbons (Fsp3) is 0.261. The van der Waals surface area contributed by atoms with Crippen molar-refractivity contribution in [3.63, 3.8) is 0 Å². The Balaban J connectivity index is 1.45. The van der Waals surface area contributed by atoms with Gasteiger partial charge in [-0.25, -0.2) is 0 Å². The van der Waals surface area contributed by atoms with Gasteiger partial charge in [-0.1, -0.05) is 42.3 Å². The molecule has 0 atom stereocenters. The van der Waals surface area contributed by atoms with E-state index in [0.29, 0.717) is 21.5 Å². The summed E-state index contributed by atoms with van der Waals surface area (Å²) in [6.07, 6.45) is 2.34. The monoisotopic (exact) mass is 428 g/mol. The molecule has 1 aromatic heterocycles. The van der Waals surface area contributed by atoms with E-state index in [4.69, 9.17) is 27.6 Å². The van der Waals surface area contributed by atoms with Crippen LogP contribution >= 0.6 is 23.2 Å². The Morgan fingerprint density at radius 3 is 2.59 bits per heavy atom. The highest BCUT2D eigenvalue weighted by Crippen LogP contribution is 2.32. The molecule has 29 heavy (non-hydrogen) atoms. The number of anilines is 2. The molecule has 150 valence electrons. The molecule has 2 heterocycles. The maximum Gasteiger partial charge on any atom is 0.291 e. The summed E-state index contributed by atoms with van der Waals surface area (Å²) < 4.78 is 5.71. The summed E-state index contributed by atoms with van der Waals surface area (Å²) in [6.45, 7) is 4.29. The van der Waals surface area contributed by atoms with Gasteiger partial charge in [-0.05, 0) is 61.2 Å². The molecule has 0 bridgehead atoms. The highest BCUT2D eigenvalue weighted by molar-refractivity contribution is 6.33. The first kappa shape index (κ1) is 19.9. The van der Waals surface area contributed by atoms with Crippen molar-refractivity contribution < 1.29 is 9.21 Å². The second kappa shape index (κ2) is 8.52. The van der Waals surface area contributed by atoms with Crippen molar-refractivity contribution in [3.05, 3.63) is 70.4 Å². The van der Waals surface area contributed by atoms with E-state index in [1.807, 2.05) is 24.3 Å². The zero-order chi connectivity index (χ0) is 20.4. The summed E-state index contributed by atoms with van der Waals surface area (Å²) in [4.78, 5) is 14.9. The zero-order valence-electron chi connectivity index (χ0n) is 16.1. The lowest BCUT2D eigenvalue weighted by molar-refractivity contribution is 0.0997. The summed E-state index contributed by atoms with van der Waals surface area (Å²) in [5.41, 5.74) is 2.47. The first-order valence-electron chi connectivity index (χ1n) is 9.71. The van der Waals surface area contributed by atoms with Gasteiger partial charge in [0.1, 0.15) is 5.76 Å². The number of rotatable bonds is 4. The Bertz CT molecular complexity index is 1020. The van der Waals surface area contributed by atoms with Gasteiger partial charge in [-0.15, -0.1) is 0 Å². The summed E-state index contributed by atoms with van der Waals surface area (Å²) in [7, 11) is 0. The van der Waals surface area contributed by atoms with Crippen LogP contribution in [0.1, 0.15) is 30.3 Å². The summed E-state index contributed by atoms with van der Waals surface area (Å²) in [5.74, 6) is 1.25. The van der Waals surface area contributed by atoms with Crippen LogP contribution in [0.25, 0.3) is 11.3 Å². The van der Waals surface area contributed by atoms with E-state index in [1.165, 1.54) is 12.8 Å². The van der Waals surface area contributed by atoms with Gasteiger partial charge >= 0.3 is 0 Å². The van der Waals surface area contributed by atoms with Crippen molar-refractivity contribution in [2.75, 3.05) is 23.3 Å². The van der Waals surface area contributed by atoms with Crippen LogP contribution in [0.5, 0.6) is 0 Å². The number of hydrogen-bond acceptors (Lipinski definition) is 3. The number of amides is 1. The molecule has 6 heteroatoms. The Morgan fingerprint density at radius 1 is 1.07 bits per heavy atom. The maximum atomic E-state index is 12.6. The molecule has 1 aliphatic heterocycles. The van der Waals surface area contributed by atoms with E-state index in [1.54, 1.807) is 30.3 Å². The number of furan rings is 1. The Hall–Kier alpha value is -2.43. The van der Waals surface area contributed by atoms with Gasteiger partial charge in [0.2, 0.25) is 0 Å². The van der Waals surface area contributed by atoms with Gasteiger partial charge in [0.25, 0.3) is 5.91 Å². The number of piperidine rings is 1. The van der Waals surface area contributed by atoms with E-state index in [0.717, 1.165) is 30.3 Å². The van der Waals surface area contributed by atoms with Crippen molar-refractivity contribution in [2.24, 2.45) is 5.92 Å². The van der Waals surface area contributed by atoms with Crippen LogP contribution in [0, 0.1) is 5.92 Å². The largest absolute Gasteiger partial charge is 0.451 e. The molecule has 4 rings (SSSR count). The minimum atomic E-state index is -0.325. The normalized spacial score (nSPS) is 14.8. The molecule has 3 aromatic rings. The average molecular weight is 429 g/mol. The van der Waals surface area contributed by atoms with Crippen molar-refractivity contribution >= 4 is 40.5 Å². The number of hydrogen-bond donors (Lipinski definition) is 1. The van der Waals surface area contributed by atoms with Gasteiger partial charge in [-0.3, -0.25) is 4.79 Å². The SMILES string of the molecule is CC1CCN(c2ccc(NC(=O)c3ccc(-c4cccc(Cl)c4)o3)cc2Cl)CC1. The van der Waals surface area contributed by atoms with Gasteiger partial charge < -0.3 is 14.6 Å². The Labute approximate surface area is 180 Å². The van der Waals surface area contributed by atoms with Crippen molar-refractivity contribution in [2.45, 2.75) is 19.8 Å². The lowest BCUT2D eigenvalue weighted by atomic mass is 9.99. The number of nitrogens with one attached hydrogen (secondary N) is 1. The molecular formula is C23H22Cl2N2O2. The Kier molecular flexibility index (Phi) is 5.84. The van der Waals surface area contributed by atoms with Gasteiger partial charge in [-0.2, -0.15) is 0 Å². The van der Waals surface area contributed by atoms with Gasteiger partial charge in [0.05, 0.1) is 10.7 Å². The minimum absolute atomic E-state index is 0.227. The third-order valence-corrected chi connectivity index (χ3v) is 5.81. The second-order valence-electron chi connectivity index (χ2n) is 7.46. The number of halogens is 2. The molecule has 1 N–H and O–H groups in total. The third kappa shape index (κ3) is 4.60. The number of carbonyl (C=O) groups excluding carboxylic acids is 1. The molecule has 4 nitrogen and oxygen atoms in total. The minimum Gasteiger partial charge on any atom is -0.451 e. The number of carbonyl (C=O) groups is 1. The fourth-order valence-electron chi connectivity index (χ4n) is 3.54. The molecule has 2 aromatic carbocycles. The van der Waals surface area contributed by atoms with E-state index in [9.17, 15) is 4.79 Å². The molecule has 1 fully saturated rings. The predicted octanol–water partition coefficient (Wildman–Crippen LogP) is 6.74. The summed E-state index contributed by atoms with van der Waals surface area (Å²) in [6, 6.07) is 16.3. The summed E-state index contributed by atoms with van der Waals surface area (Å²) >= 11 is 12.5. The highest BCUT2D eigenvalue weighted by Gasteiger charge is 2.19. The van der Waals surface area contributed by atoms with Crippen molar-refractivity contribution in [1.29, 1.82) is 0 Å². The van der Waals surface area contributed by atoms with Gasteiger partial charge in [0.15, 0.2) is 5.76 Å². The van der Waals surface area contributed by atoms with E-state index in [-0.39, 0.29) is 11.7 Å². The Morgan fingerprint density at radius 2 is 1.86 bits per heavy atom. The van der Waals surface area contributed by atoms with Crippen LogP contribution in [0.3, 0.4) is 0 Å². The zero-order valence-corrected chi connectivity index (χ0v) is 17.6. The molecule has 1 aliphatic rings. The molecular weight excluding hydrogens is 407 g/mol. The van der Waals surface area contributed by atoms with Crippen LogP contribution in [-0.2, 0) is 0 Å². The van der Waals surface area contributed by atoms with Crippen LogP contribution < -0.4 is 10.2 Å². The first-order chi connectivity index (χ1) is 14.0. The van der Waals surface area contributed by atoms with E-state index < -0.39 is 0 Å². The van der Waals surface area contributed by atoms with Gasteiger partial charge in [0, 0.05) is 29.4 Å². The van der Waals surface area contributed by atoms with Crippen LogP contribution in [0.15, 0.2) is 59.0 Å². The topological polar surface area (TPSA) is 45.5 Å². The quantitative estimate of drug-likeness (QED) is 0.500. The summed E-state index contributed by atoms with van der Waals surface area (Å²) in [5, 5.41) is 4.10.